The van der Waals surface area contributed by atoms with Gasteiger partial charge in [-0.05, 0) is 45.1 Å². The normalized spacial score (nSPS) is 18.0. The van der Waals surface area contributed by atoms with Crippen molar-refractivity contribution in [1.29, 1.82) is 0 Å². The maximum Gasteiger partial charge on any atom is 0.132 e. The molecule has 0 amide bonds. The summed E-state index contributed by atoms with van der Waals surface area (Å²) in [7, 11) is 0. The van der Waals surface area contributed by atoms with Crippen LogP contribution >= 0.6 is 0 Å². The molecular weight excluding hydrogens is 260 g/mol. The van der Waals surface area contributed by atoms with E-state index in [1.165, 1.54) is 25.0 Å². The summed E-state index contributed by atoms with van der Waals surface area (Å²) in [6, 6.07) is 2.80. The van der Waals surface area contributed by atoms with Gasteiger partial charge < -0.3 is 10.2 Å². The number of rotatable bonds is 7. The number of hydrogen-bond acceptors (Lipinski definition) is 4. The number of piperidine rings is 1. The first-order valence-electron chi connectivity index (χ1n) is 8.53. The molecule has 0 bridgehead atoms. The molecule has 1 aliphatic rings. The van der Waals surface area contributed by atoms with Crippen molar-refractivity contribution in [2.24, 2.45) is 5.92 Å². The van der Waals surface area contributed by atoms with Gasteiger partial charge in [-0.1, -0.05) is 20.3 Å². The molecule has 2 rings (SSSR count). The Kier molecular flexibility index (Phi) is 6.43. The fourth-order valence-electron chi connectivity index (χ4n) is 3.12. The van der Waals surface area contributed by atoms with Crippen molar-refractivity contribution in [2.45, 2.75) is 58.9 Å². The van der Waals surface area contributed by atoms with Gasteiger partial charge in [0.15, 0.2) is 0 Å². The van der Waals surface area contributed by atoms with Crippen LogP contribution in [0.5, 0.6) is 0 Å². The molecular formula is C17H30N4. The molecule has 1 saturated heterocycles. The molecule has 2 heterocycles. The van der Waals surface area contributed by atoms with Crippen LogP contribution in [0.25, 0.3) is 0 Å². The van der Waals surface area contributed by atoms with Gasteiger partial charge >= 0.3 is 0 Å². The monoisotopic (exact) mass is 290 g/mol. The van der Waals surface area contributed by atoms with Crippen LogP contribution in [-0.2, 0) is 6.42 Å². The summed E-state index contributed by atoms with van der Waals surface area (Å²) >= 11 is 0. The molecule has 0 saturated carbocycles. The van der Waals surface area contributed by atoms with Gasteiger partial charge in [-0.3, -0.25) is 0 Å². The van der Waals surface area contributed by atoms with E-state index in [1.54, 1.807) is 6.33 Å². The summed E-state index contributed by atoms with van der Waals surface area (Å²) in [4.78, 5) is 11.2. The Morgan fingerprint density at radius 2 is 2.00 bits per heavy atom. The van der Waals surface area contributed by atoms with E-state index < -0.39 is 0 Å². The van der Waals surface area contributed by atoms with E-state index in [1.807, 2.05) is 0 Å². The number of aryl methyl sites for hydroxylation is 1. The highest BCUT2D eigenvalue weighted by Gasteiger charge is 2.24. The predicted molar refractivity (Wildman–Crippen MR) is 88.7 cm³/mol. The highest BCUT2D eigenvalue weighted by atomic mass is 15.2. The van der Waals surface area contributed by atoms with Crippen LogP contribution in [0.3, 0.4) is 0 Å². The van der Waals surface area contributed by atoms with E-state index >= 15 is 0 Å². The van der Waals surface area contributed by atoms with Crippen molar-refractivity contribution in [3.63, 3.8) is 0 Å². The van der Waals surface area contributed by atoms with Gasteiger partial charge in [0.2, 0.25) is 0 Å². The van der Waals surface area contributed by atoms with E-state index in [4.69, 9.17) is 0 Å². The Morgan fingerprint density at radius 3 is 2.67 bits per heavy atom. The van der Waals surface area contributed by atoms with Crippen molar-refractivity contribution < 1.29 is 0 Å². The molecule has 1 aliphatic heterocycles. The molecule has 0 radical (unpaired) electrons. The minimum Gasteiger partial charge on any atom is -0.356 e. The lowest BCUT2D eigenvalue weighted by Crippen LogP contribution is -2.42. The van der Waals surface area contributed by atoms with Crippen LogP contribution in [0.15, 0.2) is 12.4 Å². The lowest BCUT2D eigenvalue weighted by molar-refractivity contribution is 0.311. The second-order valence-corrected chi connectivity index (χ2v) is 6.18. The van der Waals surface area contributed by atoms with E-state index in [0.29, 0.717) is 6.04 Å². The lowest BCUT2D eigenvalue weighted by Gasteiger charge is -2.36. The van der Waals surface area contributed by atoms with Gasteiger partial charge in [-0.15, -0.1) is 0 Å². The van der Waals surface area contributed by atoms with E-state index in [0.717, 1.165) is 44.2 Å². The SMILES string of the molecule is CCCNC(C)C1CCN(c2cc(CCC)ncn2)CC1. The molecule has 4 nitrogen and oxygen atoms in total. The van der Waals surface area contributed by atoms with Gasteiger partial charge in [-0.2, -0.15) is 0 Å². The standard InChI is InChI=1S/C17H30N4/c1-4-6-16-12-17(20-13-19-16)21-10-7-15(8-11-21)14(3)18-9-5-2/h12-15,18H,4-11H2,1-3H3. The van der Waals surface area contributed by atoms with Gasteiger partial charge in [0.05, 0.1) is 0 Å². The lowest BCUT2D eigenvalue weighted by atomic mass is 9.90. The molecule has 1 aromatic heterocycles. The number of anilines is 1. The van der Waals surface area contributed by atoms with Crippen molar-refractivity contribution in [1.82, 2.24) is 15.3 Å². The molecule has 4 heteroatoms. The highest BCUT2D eigenvalue weighted by molar-refractivity contribution is 5.39. The summed E-state index contributed by atoms with van der Waals surface area (Å²) in [5, 5.41) is 3.64. The minimum absolute atomic E-state index is 0.633. The Morgan fingerprint density at radius 1 is 1.24 bits per heavy atom. The largest absolute Gasteiger partial charge is 0.356 e. The van der Waals surface area contributed by atoms with Crippen LogP contribution in [0.4, 0.5) is 5.82 Å². The van der Waals surface area contributed by atoms with Gasteiger partial charge in [0.1, 0.15) is 12.1 Å². The first kappa shape index (κ1) is 16.2. The third-order valence-corrected chi connectivity index (χ3v) is 4.50. The molecule has 21 heavy (non-hydrogen) atoms. The maximum absolute atomic E-state index is 4.46. The summed E-state index contributed by atoms with van der Waals surface area (Å²) in [5.74, 6) is 1.91. The quantitative estimate of drug-likeness (QED) is 0.838. The first-order valence-corrected chi connectivity index (χ1v) is 8.53. The van der Waals surface area contributed by atoms with Crippen LogP contribution in [0.2, 0.25) is 0 Å². The summed E-state index contributed by atoms with van der Waals surface area (Å²) in [6.45, 7) is 10.1. The van der Waals surface area contributed by atoms with E-state index in [2.05, 4.69) is 47.0 Å². The van der Waals surface area contributed by atoms with Gasteiger partial charge in [0.25, 0.3) is 0 Å². The Balaban J connectivity index is 1.87. The summed E-state index contributed by atoms with van der Waals surface area (Å²) in [5.41, 5.74) is 1.17. The van der Waals surface area contributed by atoms with E-state index in [9.17, 15) is 0 Å². The molecule has 1 fully saturated rings. The topological polar surface area (TPSA) is 41.0 Å². The van der Waals surface area contributed by atoms with Gasteiger partial charge in [0, 0.05) is 30.9 Å². The third-order valence-electron chi connectivity index (χ3n) is 4.50. The zero-order valence-electron chi connectivity index (χ0n) is 13.8. The van der Waals surface area contributed by atoms with Crippen molar-refractivity contribution in [3.05, 3.63) is 18.1 Å². The Bertz CT molecular complexity index is 413. The van der Waals surface area contributed by atoms with E-state index in [-0.39, 0.29) is 0 Å². The summed E-state index contributed by atoms with van der Waals surface area (Å²) < 4.78 is 0. The fraction of sp³-hybridized carbons (Fsp3) is 0.765. The summed E-state index contributed by atoms with van der Waals surface area (Å²) in [6.07, 6.45) is 7.63. The molecule has 0 aromatic carbocycles. The number of hydrogen-bond donors (Lipinski definition) is 1. The van der Waals surface area contributed by atoms with Crippen LogP contribution < -0.4 is 10.2 Å². The second-order valence-electron chi connectivity index (χ2n) is 6.18. The van der Waals surface area contributed by atoms with Crippen molar-refractivity contribution in [2.75, 3.05) is 24.5 Å². The third kappa shape index (κ3) is 4.67. The molecule has 118 valence electrons. The fourth-order valence-corrected chi connectivity index (χ4v) is 3.12. The number of nitrogens with one attached hydrogen (secondary N) is 1. The molecule has 1 aromatic rings. The molecule has 1 N–H and O–H groups in total. The molecule has 1 atom stereocenters. The van der Waals surface area contributed by atoms with Crippen LogP contribution in [0, 0.1) is 5.92 Å². The Labute approximate surface area is 129 Å². The molecule has 1 unspecified atom stereocenters. The maximum atomic E-state index is 4.46. The van der Waals surface area contributed by atoms with Crippen LogP contribution in [-0.4, -0.2) is 35.6 Å². The van der Waals surface area contributed by atoms with Gasteiger partial charge in [-0.25, -0.2) is 9.97 Å². The predicted octanol–water partition coefficient (Wildman–Crippen LogP) is 3.03. The minimum atomic E-state index is 0.633. The number of nitrogens with zero attached hydrogens (tertiary/aromatic N) is 3. The molecule has 0 aliphatic carbocycles. The van der Waals surface area contributed by atoms with Crippen molar-refractivity contribution >= 4 is 5.82 Å². The smallest absolute Gasteiger partial charge is 0.132 e. The highest BCUT2D eigenvalue weighted by Crippen LogP contribution is 2.24. The average Bonchev–Trinajstić information content (AvgIpc) is 2.53. The average molecular weight is 290 g/mol. The van der Waals surface area contributed by atoms with Crippen molar-refractivity contribution in [3.8, 4) is 0 Å². The molecule has 0 spiro atoms. The second kappa shape index (κ2) is 8.32. The Hall–Kier alpha value is -1.16. The number of aromatic nitrogens is 2. The van der Waals surface area contributed by atoms with Crippen LogP contribution in [0.1, 0.15) is 52.1 Å². The first-order chi connectivity index (χ1) is 10.2. The zero-order valence-corrected chi connectivity index (χ0v) is 13.8. The zero-order chi connectivity index (χ0) is 15.1.